The lowest BCUT2D eigenvalue weighted by Gasteiger charge is -2.11. The maximum absolute atomic E-state index is 11.2. The Kier molecular flexibility index (Phi) is 4.18. The SMILES string of the molecule is C#CCCCNC(=O)NCC1(C(=O)O)CC1. The number of carbonyl (C=O) groups excluding carboxylic acids is 1. The van der Waals surface area contributed by atoms with Crippen LogP contribution in [0.25, 0.3) is 0 Å². The highest BCUT2D eigenvalue weighted by Gasteiger charge is 2.50. The fourth-order valence-corrected chi connectivity index (χ4v) is 1.32. The van der Waals surface area contributed by atoms with Crippen molar-refractivity contribution in [3.8, 4) is 12.3 Å². The zero-order valence-electron chi connectivity index (χ0n) is 9.08. The summed E-state index contributed by atoms with van der Waals surface area (Å²) in [4.78, 5) is 22.0. The minimum Gasteiger partial charge on any atom is -0.481 e. The first-order valence-corrected chi connectivity index (χ1v) is 5.29. The van der Waals surface area contributed by atoms with Crippen LogP contribution in [-0.2, 0) is 4.79 Å². The summed E-state index contributed by atoms with van der Waals surface area (Å²) in [5.74, 6) is 1.64. The van der Waals surface area contributed by atoms with Gasteiger partial charge in [0.25, 0.3) is 0 Å². The van der Waals surface area contributed by atoms with Crippen LogP contribution in [0.1, 0.15) is 25.7 Å². The summed E-state index contributed by atoms with van der Waals surface area (Å²) in [6.45, 7) is 0.708. The average Bonchev–Trinajstić information content (AvgIpc) is 3.03. The van der Waals surface area contributed by atoms with Crippen molar-refractivity contribution in [1.29, 1.82) is 0 Å². The van der Waals surface area contributed by atoms with Crippen molar-refractivity contribution in [3.05, 3.63) is 0 Å². The van der Waals surface area contributed by atoms with Crippen LogP contribution in [0.4, 0.5) is 4.79 Å². The molecule has 0 aromatic carbocycles. The molecule has 5 heteroatoms. The van der Waals surface area contributed by atoms with Crippen molar-refractivity contribution < 1.29 is 14.7 Å². The lowest BCUT2D eigenvalue weighted by molar-refractivity contribution is -0.143. The van der Waals surface area contributed by atoms with Gasteiger partial charge < -0.3 is 15.7 Å². The highest BCUT2D eigenvalue weighted by molar-refractivity contribution is 5.80. The molecule has 88 valence electrons. The largest absolute Gasteiger partial charge is 0.481 e. The van der Waals surface area contributed by atoms with E-state index in [0.717, 1.165) is 6.42 Å². The maximum Gasteiger partial charge on any atom is 0.314 e. The number of carboxylic acids is 1. The van der Waals surface area contributed by atoms with E-state index in [1.54, 1.807) is 0 Å². The Morgan fingerprint density at radius 3 is 2.56 bits per heavy atom. The van der Waals surface area contributed by atoms with Crippen LogP contribution in [0, 0.1) is 17.8 Å². The zero-order valence-corrected chi connectivity index (χ0v) is 9.08. The first kappa shape index (κ1) is 12.4. The second-order valence-electron chi connectivity index (χ2n) is 4.00. The summed E-state index contributed by atoms with van der Waals surface area (Å²) in [6.07, 6.45) is 7.69. The molecule has 0 radical (unpaired) electrons. The van der Waals surface area contributed by atoms with E-state index >= 15 is 0 Å². The molecular weight excluding hydrogens is 208 g/mol. The molecule has 0 aromatic heterocycles. The minimum absolute atomic E-state index is 0.198. The molecule has 0 spiro atoms. The highest BCUT2D eigenvalue weighted by Crippen LogP contribution is 2.45. The maximum atomic E-state index is 11.2. The minimum atomic E-state index is -0.833. The normalized spacial score (nSPS) is 15.9. The molecule has 3 N–H and O–H groups in total. The van der Waals surface area contributed by atoms with Crippen molar-refractivity contribution in [3.63, 3.8) is 0 Å². The summed E-state index contributed by atoms with van der Waals surface area (Å²) >= 11 is 0. The smallest absolute Gasteiger partial charge is 0.314 e. The Balaban J connectivity index is 2.12. The van der Waals surface area contributed by atoms with Gasteiger partial charge in [-0.3, -0.25) is 4.79 Å². The number of nitrogens with one attached hydrogen (secondary N) is 2. The van der Waals surface area contributed by atoms with E-state index in [0.29, 0.717) is 25.8 Å². The van der Waals surface area contributed by atoms with Gasteiger partial charge in [-0.05, 0) is 19.3 Å². The average molecular weight is 224 g/mol. The molecule has 0 atom stereocenters. The molecule has 2 amide bonds. The number of terminal acetylenes is 1. The molecule has 0 saturated heterocycles. The van der Waals surface area contributed by atoms with Crippen LogP contribution >= 0.6 is 0 Å². The number of amides is 2. The fraction of sp³-hybridized carbons (Fsp3) is 0.636. The fourth-order valence-electron chi connectivity index (χ4n) is 1.32. The van der Waals surface area contributed by atoms with Gasteiger partial charge in [-0.25, -0.2) is 4.79 Å². The molecule has 1 fully saturated rings. The van der Waals surface area contributed by atoms with Gasteiger partial charge in [0.1, 0.15) is 0 Å². The number of carboxylic acid groups (broad SMARTS) is 1. The number of rotatable bonds is 6. The predicted octanol–water partition coefficient (Wildman–Crippen LogP) is 0.564. The van der Waals surface area contributed by atoms with Gasteiger partial charge >= 0.3 is 12.0 Å². The van der Waals surface area contributed by atoms with E-state index in [2.05, 4.69) is 16.6 Å². The molecule has 1 aliphatic carbocycles. The molecule has 0 aromatic rings. The number of urea groups is 1. The van der Waals surface area contributed by atoms with Gasteiger partial charge in [0, 0.05) is 19.5 Å². The van der Waals surface area contributed by atoms with Gasteiger partial charge in [-0.1, -0.05) is 0 Å². The third kappa shape index (κ3) is 3.46. The monoisotopic (exact) mass is 224 g/mol. The van der Waals surface area contributed by atoms with Crippen molar-refractivity contribution >= 4 is 12.0 Å². The second-order valence-corrected chi connectivity index (χ2v) is 4.00. The zero-order chi connectivity index (χ0) is 12.0. The summed E-state index contributed by atoms with van der Waals surface area (Å²) in [5, 5.41) is 14.0. The number of carbonyl (C=O) groups is 2. The van der Waals surface area contributed by atoms with Gasteiger partial charge in [0.15, 0.2) is 0 Å². The number of hydrogen-bond acceptors (Lipinski definition) is 2. The topological polar surface area (TPSA) is 78.4 Å². The summed E-state index contributed by atoms with van der Waals surface area (Å²) in [6, 6.07) is -0.329. The number of aliphatic carboxylic acids is 1. The Hall–Kier alpha value is -1.70. The summed E-state index contributed by atoms with van der Waals surface area (Å²) in [7, 11) is 0. The Labute approximate surface area is 94.6 Å². The van der Waals surface area contributed by atoms with E-state index in [-0.39, 0.29) is 12.6 Å². The molecule has 1 rings (SSSR count). The Bertz CT molecular complexity index is 316. The first-order chi connectivity index (χ1) is 7.60. The van der Waals surface area contributed by atoms with E-state index in [4.69, 9.17) is 11.5 Å². The Morgan fingerprint density at radius 2 is 2.06 bits per heavy atom. The van der Waals surface area contributed by atoms with Gasteiger partial charge in [-0.15, -0.1) is 12.3 Å². The second kappa shape index (κ2) is 5.40. The molecule has 16 heavy (non-hydrogen) atoms. The summed E-state index contributed by atoms with van der Waals surface area (Å²) in [5.41, 5.74) is -0.712. The number of unbranched alkanes of at least 4 members (excludes halogenated alkanes) is 1. The van der Waals surface area contributed by atoms with Crippen molar-refractivity contribution in [2.45, 2.75) is 25.7 Å². The molecular formula is C11H16N2O3. The van der Waals surface area contributed by atoms with Crippen LogP contribution in [-0.4, -0.2) is 30.2 Å². The van der Waals surface area contributed by atoms with Crippen LogP contribution < -0.4 is 10.6 Å². The predicted molar refractivity (Wildman–Crippen MR) is 58.8 cm³/mol. The van der Waals surface area contributed by atoms with Gasteiger partial charge in [0.05, 0.1) is 5.41 Å². The molecule has 5 nitrogen and oxygen atoms in total. The number of hydrogen-bond donors (Lipinski definition) is 3. The quantitative estimate of drug-likeness (QED) is 0.455. The third-order valence-corrected chi connectivity index (χ3v) is 2.68. The van der Waals surface area contributed by atoms with Crippen LogP contribution in [0.2, 0.25) is 0 Å². The molecule has 0 aliphatic heterocycles. The molecule has 0 heterocycles. The molecule has 1 aliphatic rings. The Morgan fingerprint density at radius 1 is 1.38 bits per heavy atom. The van der Waals surface area contributed by atoms with Crippen LogP contribution in [0.3, 0.4) is 0 Å². The highest BCUT2D eigenvalue weighted by atomic mass is 16.4. The molecule has 0 unspecified atom stereocenters. The van der Waals surface area contributed by atoms with E-state index < -0.39 is 11.4 Å². The molecule has 0 bridgehead atoms. The molecule has 1 saturated carbocycles. The van der Waals surface area contributed by atoms with E-state index in [1.165, 1.54) is 0 Å². The van der Waals surface area contributed by atoms with Crippen LogP contribution in [0.5, 0.6) is 0 Å². The van der Waals surface area contributed by atoms with Gasteiger partial charge in [0.2, 0.25) is 0 Å². The summed E-state index contributed by atoms with van der Waals surface area (Å²) < 4.78 is 0. The van der Waals surface area contributed by atoms with E-state index in [1.807, 2.05) is 0 Å². The van der Waals surface area contributed by atoms with Crippen molar-refractivity contribution in [2.75, 3.05) is 13.1 Å². The van der Waals surface area contributed by atoms with Crippen LogP contribution in [0.15, 0.2) is 0 Å². The van der Waals surface area contributed by atoms with E-state index in [9.17, 15) is 9.59 Å². The van der Waals surface area contributed by atoms with Crippen molar-refractivity contribution in [1.82, 2.24) is 10.6 Å². The van der Waals surface area contributed by atoms with Crippen molar-refractivity contribution in [2.24, 2.45) is 5.41 Å². The lowest BCUT2D eigenvalue weighted by atomic mass is 10.1. The van der Waals surface area contributed by atoms with Gasteiger partial charge in [-0.2, -0.15) is 0 Å². The first-order valence-electron chi connectivity index (χ1n) is 5.29. The standard InChI is InChI=1S/C11H16N2O3/c1-2-3-4-7-12-10(16)13-8-11(5-6-11)9(14)15/h1H,3-8H2,(H,14,15)(H2,12,13,16). The lowest BCUT2D eigenvalue weighted by Crippen LogP contribution is -2.41. The third-order valence-electron chi connectivity index (χ3n) is 2.68.